The molecule has 6 aromatic carbocycles. The Balaban J connectivity index is 0.895. The molecule has 11 rings (SSSR count). The fraction of sp³-hybridized carbons (Fsp3) is 0.0943. The smallest absolute Gasteiger partial charge is 0.196 e. The van der Waals surface area contributed by atoms with Crippen molar-refractivity contribution in [2.24, 2.45) is 0 Å². The summed E-state index contributed by atoms with van der Waals surface area (Å²) in [4.78, 5) is 20.1. The zero-order valence-corrected chi connectivity index (χ0v) is 32.3. The Kier molecular flexibility index (Phi) is 8.73. The van der Waals surface area contributed by atoms with Gasteiger partial charge >= 0.3 is 0 Å². The number of anilines is 1. The highest BCUT2D eigenvalue weighted by Crippen LogP contribution is 2.47. The maximum absolute atomic E-state index is 6.49. The molecule has 1 N–H and O–H groups in total. The van der Waals surface area contributed by atoms with E-state index in [-0.39, 0.29) is 12.1 Å². The molecule has 3 heterocycles. The van der Waals surface area contributed by atoms with E-state index >= 15 is 0 Å². The number of rotatable bonds is 7. The van der Waals surface area contributed by atoms with E-state index in [4.69, 9.17) is 24.7 Å². The molecule has 6 nitrogen and oxygen atoms in total. The summed E-state index contributed by atoms with van der Waals surface area (Å²) in [5.74, 6) is 3.14. The highest BCUT2D eigenvalue weighted by molar-refractivity contribution is 6.17. The van der Waals surface area contributed by atoms with Gasteiger partial charge in [-0.3, -0.25) is 0 Å². The first kappa shape index (κ1) is 34.8. The van der Waals surface area contributed by atoms with Crippen molar-refractivity contribution in [2.75, 3.05) is 5.32 Å². The summed E-state index contributed by atoms with van der Waals surface area (Å²) < 4.78 is 6.49. The maximum Gasteiger partial charge on any atom is 0.196 e. The fourth-order valence-electron chi connectivity index (χ4n) is 8.50. The van der Waals surface area contributed by atoms with Gasteiger partial charge in [0.1, 0.15) is 5.75 Å². The third-order valence-corrected chi connectivity index (χ3v) is 11.6. The number of nitrogens with zero attached hydrogens (tertiary/aromatic N) is 4. The van der Waals surface area contributed by atoms with Crippen LogP contribution in [0.15, 0.2) is 182 Å². The summed E-state index contributed by atoms with van der Waals surface area (Å²) in [7, 11) is 0. The van der Waals surface area contributed by atoms with Gasteiger partial charge in [-0.05, 0) is 59.7 Å². The minimum absolute atomic E-state index is 0.247. The average molecular weight is 762 g/mol. The molecule has 2 atom stereocenters. The van der Waals surface area contributed by atoms with Gasteiger partial charge in [-0.2, -0.15) is 0 Å². The molecule has 2 aromatic heterocycles. The molecule has 0 fully saturated rings. The summed E-state index contributed by atoms with van der Waals surface area (Å²) in [6, 6.07) is 50.5. The maximum atomic E-state index is 6.49. The summed E-state index contributed by atoms with van der Waals surface area (Å²) in [6.07, 6.45) is 15.9. The second-order valence-corrected chi connectivity index (χ2v) is 15.3. The predicted molar refractivity (Wildman–Crippen MR) is 240 cm³/mol. The van der Waals surface area contributed by atoms with Gasteiger partial charge in [-0.1, -0.05) is 164 Å². The van der Waals surface area contributed by atoms with Crippen molar-refractivity contribution < 1.29 is 4.74 Å². The first-order chi connectivity index (χ1) is 29.2. The summed E-state index contributed by atoms with van der Waals surface area (Å²) in [6.45, 7) is 0. The zero-order chi connectivity index (χ0) is 39.1. The van der Waals surface area contributed by atoms with Crippen LogP contribution < -0.4 is 10.1 Å². The number of nitrogens with one attached hydrogen (secondary N) is 1. The second kappa shape index (κ2) is 14.8. The van der Waals surface area contributed by atoms with E-state index in [1.165, 1.54) is 11.1 Å². The number of benzene rings is 6. The van der Waals surface area contributed by atoms with Crippen molar-refractivity contribution in [3.8, 4) is 39.7 Å². The first-order valence-corrected chi connectivity index (χ1v) is 20.3. The standard InChI is InChI=1S/C53H39N5O/c1-5-13-37(14-6-1)48-44-31-32-46-49(55-53(59-46)41-19-11-4-12-20-41)47(44)43-30-29-42(33-45(43)54-48)36-23-21-34(22-24-36)35-25-27-40(28-26-35)52-57-50(38-15-7-2-8-16-38)56-51(58-52)39-17-9-3-10-18-39/h1-5,7-13,15-25,27-33,35,53,55H,6,14,26H2. The van der Waals surface area contributed by atoms with Crippen molar-refractivity contribution >= 4 is 38.5 Å². The van der Waals surface area contributed by atoms with Crippen molar-refractivity contribution in [3.05, 3.63) is 205 Å². The van der Waals surface area contributed by atoms with Gasteiger partial charge in [0.2, 0.25) is 0 Å². The summed E-state index contributed by atoms with van der Waals surface area (Å²) >= 11 is 0. The SMILES string of the molecule is C1=CCCC(c2nc3cc(-c4ccc(C5C=CC(c6nc(-c7ccccc7)nc(-c7ccccc7)n6)=CC5)cc4)ccc3c3c4c(ccc23)OC(c2ccccc2)N4)=C1. The number of pyridine rings is 1. The number of hydrogen-bond donors (Lipinski definition) is 1. The number of hydrogen-bond acceptors (Lipinski definition) is 6. The van der Waals surface area contributed by atoms with Gasteiger partial charge < -0.3 is 10.1 Å². The normalized spacial score (nSPS) is 16.9. The molecule has 0 spiro atoms. The van der Waals surface area contributed by atoms with Gasteiger partial charge in [0.25, 0.3) is 0 Å². The van der Waals surface area contributed by atoms with Gasteiger partial charge in [0.15, 0.2) is 23.7 Å². The van der Waals surface area contributed by atoms with Gasteiger partial charge in [0.05, 0.1) is 16.9 Å². The molecular weight excluding hydrogens is 723 g/mol. The lowest BCUT2D eigenvalue weighted by Gasteiger charge is -2.18. The molecule has 0 radical (unpaired) electrons. The molecule has 0 saturated heterocycles. The van der Waals surface area contributed by atoms with Crippen LogP contribution >= 0.6 is 0 Å². The highest BCUT2D eigenvalue weighted by atomic mass is 16.5. The third-order valence-electron chi connectivity index (χ3n) is 11.6. The van der Waals surface area contributed by atoms with E-state index in [9.17, 15) is 0 Å². The topological polar surface area (TPSA) is 72.8 Å². The van der Waals surface area contributed by atoms with Gasteiger partial charge in [-0.25, -0.2) is 19.9 Å². The van der Waals surface area contributed by atoms with Crippen LogP contribution in [0.2, 0.25) is 0 Å². The molecule has 59 heavy (non-hydrogen) atoms. The van der Waals surface area contributed by atoms with Crippen LogP contribution in [0.1, 0.15) is 54.1 Å². The van der Waals surface area contributed by atoms with E-state index in [2.05, 4.69) is 121 Å². The Morgan fingerprint density at radius 2 is 1.27 bits per heavy atom. The lowest BCUT2D eigenvalue weighted by Crippen LogP contribution is -2.09. The Morgan fingerprint density at radius 3 is 1.95 bits per heavy atom. The highest BCUT2D eigenvalue weighted by Gasteiger charge is 2.28. The zero-order valence-electron chi connectivity index (χ0n) is 32.3. The monoisotopic (exact) mass is 761 g/mol. The average Bonchev–Trinajstić information content (AvgIpc) is 3.77. The van der Waals surface area contributed by atoms with Gasteiger partial charge in [0, 0.05) is 44.3 Å². The molecule has 1 aliphatic heterocycles. The second-order valence-electron chi connectivity index (χ2n) is 15.3. The quantitative estimate of drug-likeness (QED) is 0.163. The molecule has 0 saturated carbocycles. The van der Waals surface area contributed by atoms with Crippen molar-refractivity contribution in [3.63, 3.8) is 0 Å². The lowest BCUT2D eigenvalue weighted by atomic mass is 9.89. The fourth-order valence-corrected chi connectivity index (χ4v) is 8.50. The van der Waals surface area contributed by atoms with Crippen molar-refractivity contribution in [2.45, 2.75) is 31.4 Å². The lowest BCUT2D eigenvalue weighted by molar-refractivity contribution is 0.260. The molecule has 282 valence electrons. The van der Waals surface area contributed by atoms with E-state index in [0.29, 0.717) is 17.5 Å². The van der Waals surface area contributed by atoms with Crippen LogP contribution in [-0.2, 0) is 0 Å². The summed E-state index contributed by atoms with van der Waals surface area (Å²) in [5, 5.41) is 7.13. The Bertz CT molecular complexity index is 2950. The number of aromatic nitrogens is 4. The molecule has 2 unspecified atom stereocenters. The minimum atomic E-state index is -0.247. The van der Waals surface area contributed by atoms with E-state index in [1.807, 2.05) is 66.7 Å². The molecular formula is C53H39N5O. The summed E-state index contributed by atoms with van der Waals surface area (Å²) in [5.41, 5.74) is 11.9. The predicted octanol–water partition coefficient (Wildman–Crippen LogP) is 12.9. The number of ether oxygens (including phenoxy) is 1. The van der Waals surface area contributed by atoms with Gasteiger partial charge in [-0.15, -0.1) is 0 Å². The van der Waals surface area contributed by atoms with Crippen LogP contribution in [0.25, 0.3) is 66.7 Å². The van der Waals surface area contributed by atoms with Crippen LogP contribution in [0.3, 0.4) is 0 Å². The number of fused-ring (bicyclic) bond motifs is 5. The molecule has 6 heteroatoms. The van der Waals surface area contributed by atoms with Crippen LogP contribution in [0.4, 0.5) is 5.69 Å². The minimum Gasteiger partial charge on any atom is -0.464 e. The van der Waals surface area contributed by atoms with E-state index < -0.39 is 0 Å². The van der Waals surface area contributed by atoms with Crippen LogP contribution in [-0.4, -0.2) is 19.9 Å². The Hall–Kier alpha value is -7.44. The molecule has 0 amide bonds. The third kappa shape index (κ3) is 6.58. The Morgan fingerprint density at radius 1 is 0.593 bits per heavy atom. The van der Waals surface area contributed by atoms with E-state index in [0.717, 1.165) is 91.5 Å². The molecule has 0 bridgehead atoms. The molecule has 8 aromatic rings. The van der Waals surface area contributed by atoms with E-state index in [1.54, 1.807) is 0 Å². The van der Waals surface area contributed by atoms with Crippen LogP contribution in [0, 0.1) is 0 Å². The first-order valence-electron chi connectivity index (χ1n) is 20.3. The van der Waals surface area contributed by atoms with Crippen molar-refractivity contribution in [1.29, 1.82) is 0 Å². The van der Waals surface area contributed by atoms with Crippen molar-refractivity contribution in [1.82, 2.24) is 19.9 Å². The van der Waals surface area contributed by atoms with Crippen LogP contribution in [0.5, 0.6) is 5.75 Å². The number of allylic oxidation sites excluding steroid dienone is 8. The largest absolute Gasteiger partial charge is 0.464 e. The molecule has 3 aliphatic rings. The Labute approximate surface area is 343 Å². The molecule has 2 aliphatic carbocycles.